The zero-order valence-electron chi connectivity index (χ0n) is 35.0. The van der Waals surface area contributed by atoms with Gasteiger partial charge in [0.15, 0.2) is 0 Å². The number of aliphatic hydroxyl groups is 1. The Labute approximate surface area is 336 Å². The van der Waals surface area contributed by atoms with E-state index in [1.807, 2.05) is 30.3 Å². The molecule has 5 saturated carbocycles. The summed E-state index contributed by atoms with van der Waals surface area (Å²) in [5, 5.41) is 15.5. The summed E-state index contributed by atoms with van der Waals surface area (Å²) in [6.45, 7) is 16.4. The Morgan fingerprint density at radius 3 is 2.43 bits per heavy atom. The summed E-state index contributed by atoms with van der Waals surface area (Å²) >= 11 is 0. The first-order chi connectivity index (χ1) is 26.8. The monoisotopic (exact) mass is 768 g/mol. The average molecular weight is 768 g/mol. The molecule has 10 atom stereocenters. The van der Waals surface area contributed by atoms with Crippen molar-refractivity contribution in [1.29, 1.82) is 0 Å². The van der Waals surface area contributed by atoms with E-state index in [-0.39, 0.29) is 23.0 Å². The van der Waals surface area contributed by atoms with Crippen molar-refractivity contribution in [2.75, 3.05) is 26.4 Å². The Kier molecular flexibility index (Phi) is 9.73. The highest BCUT2D eigenvalue weighted by atomic mass is 19.1. The molecule has 0 radical (unpaired) electrons. The standard InChI is InChI=1S/C50H70FNO4/c1-34(2)37-15-22-50(52-28-25-47(54)26-29-55-30-27-47)24-23-48-32-49(48)21-17-40-44(3,4)38(16-18-45(40,5)41(49)12-11-39(48)42(37)50)36-13-19-46(33-51,20-14-36)43(53)56-31-35-9-7-6-8-10-35/h6-10,13,16,37,39-42,52,54H,1,11-12,14-15,17-33H2,2-5H3/t37-,39+,40-,41+,42+,45-,46-,48-,49-,50-/m0/s1. The van der Waals surface area contributed by atoms with Gasteiger partial charge < -0.3 is 19.9 Å². The van der Waals surface area contributed by atoms with Crippen molar-refractivity contribution >= 4 is 5.97 Å². The highest BCUT2D eigenvalue weighted by molar-refractivity contribution is 5.78. The number of carbonyl (C=O) groups excluding carboxylic acids is 1. The van der Waals surface area contributed by atoms with Gasteiger partial charge in [-0.15, -0.1) is 0 Å². The summed E-state index contributed by atoms with van der Waals surface area (Å²) < 4.78 is 26.0. The smallest absolute Gasteiger partial charge is 0.315 e. The number of ether oxygens (including phenoxy) is 2. The van der Waals surface area contributed by atoms with Gasteiger partial charge in [0.05, 0.1) is 11.0 Å². The molecule has 6 heteroatoms. The summed E-state index contributed by atoms with van der Waals surface area (Å²) in [6, 6.07) is 9.70. The number of hydrogen-bond donors (Lipinski definition) is 2. The molecule has 1 aliphatic heterocycles. The predicted molar refractivity (Wildman–Crippen MR) is 220 cm³/mol. The number of rotatable bonds is 10. The first kappa shape index (κ1) is 39.2. The number of carbonyl (C=O) groups is 1. The minimum atomic E-state index is -1.08. The number of alkyl halides is 1. The van der Waals surface area contributed by atoms with Crippen molar-refractivity contribution in [3.8, 4) is 0 Å². The van der Waals surface area contributed by atoms with Gasteiger partial charge in [-0.2, -0.15) is 0 Å². The van der Waals surface area contributed by atoms with Gasteiger partial charge in [0.1, 0.15) is 13.3 Å². The molecule has 0 amide bonds. The van der Waals surface area contributed by atoms with Crippen LogP contribution in [-0.2, 0) is 20.9 Å². The van der Waals surface area contributed by atoms with Crippen molar-refractivity contribution in [2.24, 2.45) is 56.7 Å². The third kappa shape index (κ3) is 5.86. The van der Waals surface area contributed by atoms with E-state index in [9.17, 15) is 14.3 Å². The van der Waals surface area contributed by atoms with E-state index in [1.165, 1.54) is 74.5 Å². The predicted octanol–water partition coefficient (Wildman–Crippen LogP) is 10.6. The molecule has 7 aliphatic carbocycles. The lowest BCUT2D eigenvalue weighted by molar-refractivity contribution is -0.159. The van der Waals surface area contributed by atoms with Gasteiger partial charge >= 0.3 is 5.97 Å². The number of allylic oxidation sites excluding steroid dienone is 5. The molecule has 1 saturated heterocycles. The van der Waals surface area contributed by atoms with Gasteiger partial charge in [0.25, 0.3) is 0 Å². The molecule has 2 spiro atoms. The van der Waals surface area contributed by atoms with Crippen LogP contribution in [0.5, 0.6) is 0 Å². The number of nitrogens with one attached hydrogen (secondary N) is 1. The van der Waals surface area contributed by atoms with Gasteiger partial charge in [-0.3, -0.25) is 4.79 Å². The van der Waals surface area contributed by atoms with E-state index in [2.05, 4.69) is 51.7 Å². The summed E-state index contributed by atoms with van der Waals surface area (Å²) in [5.41, 5.74) is 4.89. The highest BCUT2D eigenvalue weighted by Crippen LogP contribution is 2.88. The quantitative estimate of drug-likeness (QED) is 0.183. The van der Waals surface area contributed by atoms with Crippen LogP contribution in [0.3, 0.4) is 0 Å². The van der Waals surface area contributed by atoms with Gasteiger partial charge in [-0.1, -0.05) is 75.4 Å². The largest absolute Gasteiger partial charge is 0.460 e. The molecular formula is C50H70FNO4. The first-order valence-corrected chi connectivity index (χ1v) is 22.7. The van der Waals surface area contributed by atoms with Crippen LogP contribution in [0.1, 0.15) is 136 Å². The molecule has 1 aromatic carbocycles. The molecule has 8 aliphatic rings. The van der Waals surface area contributed by atoms with Crippen LogP contribution in [0.4, 0.5) is 4.39 Å². The molecule has 306 valence electrons. The molecule has 0 bridgehead atoms. The maximum atomic E-state index is 14.7. The second-order valence-electron chi connectivity index (χ2n) is 21.5. The number of halogens is 1. The lowest BCUT2D eigenvalue weighted by Gasteiger charge is -2.64. The van der Waals surface area contributed by atoms with E-state index in [0.717, 1.165) is 56.0 Å². The van der Waals surface area contributed by atoms with Crippen LogP contribution in [0.15, 0.2) is 65.8 Å². The van der Waals surface area contributed by atoms with Gasteiger partial charge in [-0.05, 0) is 184 Å². The Morgan fingerprint density at radius 1 is 0.929 bits per heavy atom. The van der Waals surface area contributed by atoms with E-state index >= 15 is 0 Å². The zero-order chi connectivity index (χ0) is 39.2. The van der Waals surface area contributed by atoms with Crippen LogP contribution < -0.4 is 5.32 Å². The van der Waals surface area contributed by atoms with Gasteiger partial charge in [-0.25, -0.2) is 4.39 Å². The highest BCUT2D eigenvalue weighted by Gasteiger charge is 2.81. The van der Waals surface area contributed by atoms with Crippen LogP contribution in [0, 0.1) is 56.7 Å². The summed E-state index contributed by atoms with van der Waals surface area (Å²) in [4.78, 5) is 13.4. The average Bonchev–Trinajstić information content (AvgIpc) is 3.69. The molecule has 6 fully saturated rings. The number of fused-ring (bicyclic) bond motifs is 4. The van der Waals surface area contributed by atoms with Crippen LogP contribution in [0.2, 0.25) is 0 Å². The molecule has 1 aromatic rings. The lowest BCUT2D eigenvalue weighted by atomic mass is 9.40. The van der Waals surface area contributed by atoms with Crippen LogP contribution in [0.25, 0.3) is 0 Å². The fourth-order valence-electron chi connectivity index (χ4n) is 16.0. The van der Waals surface area contributed by atoms with E-state index < -0.39 is 23.7 Å². The Hall–Kier alpha value is -2.28. The van der Waals surface area contributed by atoms with Crippen molar-refractivity contribution < 1.29 is 23.8 Å². The summed E-state index contributed by atoms with van der Waals surface area (Å²) in [6.07, 6.45) is 21.9. The normalized spacial score (nSPS) is 43.1. The third-order valence-electron chi connectivity index (χ3n) is 18.8. The fraction of sp³-hybridized carbons (Fsp3) is 0.740. The molecule has 5 nitrogen and oxygen atoms in total. The number of hydrogen-bond acceptors (Lipinski definition) is 5. The maximum Gasteiger partial charge on any atom is 0.315 e. The van der Waals surface area contributed by atoms with Crippen molar-refractivity contribution in [3.63, 3.8) is 0 Å². The van der Waals surface area contributed by atoms with Gasteiger partial charge in [0, 0.05) is 18.8 Å². The molecule has 56 heavy (non-hydrogen) atoms. The number of esters is 1. The molecule has 9 rings (SSSR count). The Bertz CT molecular complexity index is 1760. The van der Waals surface area contributed by atoms with Crippen molar-refractivity contribution in [1.82, 2.24) is 5.32 Å². The minimum Gasteiger partial charge on any atom is -0.460 e. The number of benzene rings is 1. The zero-order valence-corrected chi connectivity index (χ0v) is 35.0. The first-order valence-electron chi connectivity index (χ1n) is 22.7. The van der Waals surface area contributed by atoms with E-state index in [0.29, 0.717) is 54.6 Å². The molecule has 1 heterocycles. The second-order valence-corrected chi connectivity index (χ2v) is 21.5. The van der Waals surface area contributed by atoms with Crippen molar-refractivity contribution in [3.05, 3.63) is 71.3 Å². The molecule has 2 N–H and O–H groups in total. The van der Waals surface area contributed by atoms with Crippen molar-refractivity contribution in [2.45, 2.75) is 148 Å². The SMILES string of the molecule is C=C(C)[C@@H]1CC[C@]2(NCCC3(O)CCOCC3)CC[C@@]34C[C@]35CC[C@H]3C(C)(C)C(C6=CC[C@](CF)(C(=O)OCc7ccccc7)CC6)=CC[C@]3(C)[C@H]5CC[C@@H]4[C@@H]12. The third-order valence-corrected chi connectivity index (χ3v) is 18.8. The minimum absolute atomic E-state index is 0.0273. The topological polar surface area (TPSA) is 67.8 Å². The van der Waals surface area contributed by atoms with Crippen LogP contribution in [-0.4, -0.2) is 48.6 Å². The Morgan fingerprint density at radius 2 is 1.71 bits per heavy atom. The fourth-order valence-corrected chi connectivity index (χ4v) is 16.0. The lowest BCUT2D eigenvalue weighted by Crippen LogP contribution is -2.61. The maximum absolute atomic E-state index is 14.7. The molecule has 0 unspecified atom stereocenters. The molecular weight excluding hydrogens is 698 g/mol. The van der Waals surface area contributed by atoms with Gasteiger partial charge in [0.2, 0.25) is 0 Å². The summed E-state index contributed by atoms with van der Waals surface area (Å²) in [7, 11) is 0. The second kappa shape index (κ2) is 13.9. The summed E-state index contributed by atoms with van der Waals surface area (Å²) in [5.74, 6) is 2.99. The van der Waals surface area contributed by atoms with E-state index in [1.54, 1.807) is 0 Å². The van der Waals surface area contributed by atoms with E-state index in [4.69, 9.17) is 9.47 Å². The Balaban J connectivity index is 0.921. The van der Waals surface area contributed by atoms with Crippen LogP contribution >= 0.6 is 0 Å². The molecule has 0 aromatic heterocycles.